The monoisotopic (exact) mass is 237 g/mol. The van der Waals surface area contributed by atoms with E-state index in [-0.39, 0.29) is 10.5 Å². The molecule has 0 rings (SSSR count). The number of carboxylic acid groups (broad SMARTS) is 1. The predicted octanol–water partition coefficient (Wildman–Crippen LogP) is 1.94. The van der Waals surface area contributed by atoms with Gasteiger partial charge in [0.05, 0.1) is 4.32 Å². The molecule has 0 unspecified atom stereocenters. The molecule has 0 spiro atoms. The molecule has 84 valence electrons. The van der Waals surface area contributed by atoms with E-state index in [2.05, 4.69) is 13.8 Å². The summed E-state index contributed by atoms with van der Waals surface area (Å²) in [5.74, 6) is 1.16. The highest BCUT2D eigenvalue weighted by Gasteiger charge is 2.29. The second-order valence-electron chi connectivity index (χ2n) is 3.31. The molecule has 14 heavy (non-hydrogen) atoms. The molecule has 0 aliphatic carbocycles. The molecule has 0 saturated carbocycles. The van der Waals surface area contributed by atoms with Crippen LogP contribution in [-0.2, 0) is 4.79 Å². The van der Waals surface area contributed by atoms with E-state index < -0.39 is 10.7 Å². The van der Waals surface area contributed by atoms with Gasteiger partial charge in [-0.05, 0) is 25.4 Å². The number of hydrogen-bond acceptors (Lipinski definition) is 2. The standard InChI is InChI=1S/C9H19NO2S2/c1-5-14(6-2)8(10)13-9(3,4)7(11)12/h5-6,10H2,1-4H3,(H,11,12). The molecule has 0 amide bonds. The largest absolute Gasteiger partial charge is 0.480 e. The van der Waals surface area contributed by atoms with E-state index in [4.69, 9.17) is 10.8 Å². The van der Waals surface area contributed by atoms with E-state index in [1.807, 2.05) is 0 Å². The third kappa shape index (κ3) is 4.02. The minimum absolute atomic E-state index is 0.0479. The fraction of sp³-hybridized carbons (Fsp3) is 0.778. The van der Waals surface area contributed by atoms with E-state index in [1.165, 1.54) is 11.8 Å². The van der Waals surface area contributed by atoms with Crippen molar-refractivity contribution in [3.8, 4) is 0 Å². The molecule has 0 aromatic heterocycles. The number of rotatable bonds is 4. The SMILES string of the molecule is CCS(CC)=C(N)SC(C)(C)C(=O)O. The van der Waals surface area contributed by atoms with Crippen molar-refractivity contribution in [1.29, 1.82) is 0 Å². The highest BCUT2D eigenvalue weighted by molar-refractivity contribution is 8.34. The van der Waals surface area contributed by atoms with E-state index >= 15 is 0 Å². The van der Waals surface area contributed by atoms with Gasteiger partial charge >= 0.3 is 5.97 Å². The van der Waals surface area contributed by atoms with Crippen molar-refractivity contribution in [3.63, 3.8) is 0 Å². The fourth-order valence-corrected chi connectivity index (χ4v) is 4.21. The van der Waals surface area contributed by atoms with Gasteiger partial charge in [-0.2, -0.15) is 10.5 Å². The smallest absolute Gasteiger partial charge is 0.319 e. The maximum absolute atomic E-state index is 10.9. The first-order chi connectivity index (χ1) is 6.35. The van der Waals surface area contributed by atoms with Crippen molar-refractivity contribution in [1.82, 2.24) is 0 Å². The Morgan fingerprint density at radius 1 is 1.43 bits per heavy atom. The molecule has 0 atom stereocenters. The first-order valence-electron chi connectivity index (χ1n) is 4.57. The number of thioether (sulfide) groups is 1. The Hall–Kier alpha value is -0.000000000000000111. The van der Waals surface area contributed by atoms with Gasteiger partial charge in [0.1, 0.15) is 4.75 Å². The number of carboxylic acids is 1. The third-order valence-electron chi connectivity index (χ3n) is 1.85. The number of carbonyl (C=O) groups is 1. The normalized spacial score (nSPS) is 11.9. The Labute approximate surface area is 92.4 Å². The molecule has 0 saturated heterocycles. The van der Waals surface area contributed by atoms with Crippen LogP contribution in [0.4, 0.5) is 0 Å². The van der Waals surface area contributed by atoms with Crippen LogP contribution in [0, 0.1) is 0 Å². The zero-order chi connectivity index (χ0) is 11.4. The van der Waals surface area contributed by atoms with Crippen molar-refractivity contribution >= 4 is 32.5 Å². The summed E-state index contributed by atoms with van der Waals surface area (Å²) in [6, 6.07) is 0. The van der Waals surface area contributed by atoms with Crippen molar-refractivity contribution in [2.24, 2.45) is 5.73 Å². The average Bonchev–Trinajstić information content (AvgIpc) is 2.05. The molecular weight excluding hydrogens is 218 g/mol. The molecular formula is C9H19NO2S2. The van der Waals surface area contributed by atoms with Crippen LogP contribution in [0.25, 0.3) is 0 Å². The van der Waals surface area contributed by atoms with Crippen molar-refractivity contribution in [2.75, 3.05) is 11.5 Å². The zero-order valence-electron chi connectivity index (χ0n) is 9.16. The minimum Gasteiger partial charge on any atom is -0.480 e. The van der Waals surface area contributed by atoms with Crippen molar-refractivity contribution in [3.05, 3.63) is 0 Å². The first kappa shape index (κ1) is 14.0. The molecule has 0 heterocycles. The van der Waals surface area contributed by atoms with Gasteiger partial charge in [0.25, 0.3) is 0 Å². The third-order valence-corrected chi connectivity index (χ3v) is 5.66. The van der Waals surface area contributed by atoms with Gasteiger partial charge in [-0.15, -0.1) is 0 Å². The molecule has 0 radical (unpaired) electrons. The highest BCUT2D eigenvalue weighted by Crippen LogP contribution is 2.29. The quantitative estimate of drug-likeness (QED) is 0.733. The molecule has 0 aliphatic heterocycles. The number of aliphatic carboxylic acids is 1. The van der Waals surface area contributed by atoms with Crippen LogP contribution in [0.1, 0.15) is 27.7 Å². The summed E-state index contributed by atoms with van der Waals surface area (Å²) < 4.78 is -0.0537. The van der Waals surface area contributed by atoms with E-state index in [1.54, 1.807) is 13.8 Å². The van der Waals surface area contributed by atoms with Gasteiger partial charge in [0.15, 0.2) is 0 Å². The van der Waals surface area contributed by atoms with Crippen LogP contribution >= 0.6 is 22.2 Å². The molecule has 0 fully saturated rings. The summed E-state index contributed by atoms with van der Waals surface area (Å²) in [6.07, 6.45) is 0. The highest BCUT2D eigenvalue weighted by atomic mass is 32.2. The molecule has 5 heteroatoms. The van der Waals surface area contributed by atoms with E-state index in [0.29, 0.717) is 0 Å². The summed E-state index contributed by atoms with van der Waals surface area (Å²) in [5.41, 5.74) is 5.89. The Morgan fingerprint density at radius 2 is 1.86 bits per heavy atom. The Balaban J connectivity index is 4.67. The Kier molecular flexibility index (Phi) is 5.78. The van der Waals surface area contributed by atoms with Crippen molar-refractivity contribution in [2.45, 2.75) is 32.4 Å². The lowest BCUT2D eigenvalue weighted by atomic mass is 10.2. The zero-order valence-corrected chi connectivity index (χ0v) is 10.8. The average molecular weight is 237 g/mol. The summed E-state index contributed by atoms with van der Waals surface area (Å²) in [6.45, 7) is 7.51. The van der Waals surface area contributed by atoms with Gasteiger partial charge in [0.2, 0.25) is 0 Å². The van der Waals surface area contributed by atoms with Crippen LogP contribution in [-0.4, -0.2) is 31.6 Å². The lowest BCUT2D eigenvalue weighted by Gasteiger charge is -2.20. The van der Waals surface area contributed by atoms with Gasteiger partial charge in [0, 0.05) is 0 Å². The van der Waals surface area contributed by atoms with Crippen LogP contribution < -0.4 is 5.73 Å². The molecule has 3 nitrogen and oxygen atoms in total. The second kappa shape index (κ2) is 5.78. The maximum atomic E-state index is 10.9. The maximum Gasteiger partial charge on any atom is 0.319 e. The van der Waals surface area contributed by atoms with E-state index in [0.717, 1.165) is 15.8 Å². The van der Waals surface area contributed by atoms with Gasteiger partial charge < -0.3 is 5.11 Å². The molecule has 0 bridgehead atoms. The lowest BCUT2D eigenvalue weighted by Crippen LogP contribution is -2.31. The first-order valence-corrected chi connectivity index (χ1v) is 6.95. The van der Waals surface area contributed by atoms with Gasteiger partial charge in [-0.3, -0.25) is 10.5 Å². The Bertz CT molecular complexity index is 243. The second-order valence-corrected chi connectivity index (χ2v) is 7.81. The number of nitrogens with two attached hydrogens (primary N) is 1. The fourth-order valence-electron chi connectivity index (χ4n) is 0.843. The van der Waals surface area contributed by atoms with Gasteiger partial charge in [-0.1, -0.05) is 25.6 Å². The van der Waals surface area contributed by atoms with Crippen LogP contribution in [0.2, 0.25) is 0 Å². The summed E-state index contributed by atoms with van der Waals surface area (Å²) in [7, 11) is 0.0479. The predicted molar refractivity (Wildman–Crippen MR) is 67.2 cm³/mol. The van der Waals surface area contributed by atoms with Gasteiger partial charge in [-0.25, -0.2) is 0 Å². The Morgan fingerprint density at radius 3 is 2.14 bits per heavy atom. The number of hydrogen-bond donors (Lipinski definition) is 2. The minimum atomic E-state index is -0.820. The summed E-state index contributed by atoms with van der Waals surface area (Å²) in [5, 5.41) is 8.93. The topological polar surface area (TPSA) is 63.3 Å². The molecule has 3 N–H and O–H groups in total. The van der Waals surface area contributed by atoms with Crippen LogP contribution in [0.3, 0.4) is 0 Å². The van der Waals surface area contributed by atoms with Crippen LogP contribution in [0.5, 0.6) is 0 Å². The molecule has 0 aromatic rings. The lowest BCUT2D eigenvalue weighted by molar-refractivity contribution is -0.138. The van der Waals surface area contributed by atoms with Crippen LogP contribution in [0.15, 0.2) is 0 Å². The van der Waals surface area contributed by atoms with E-state index in [9.17, 15) is 4.79 Å². The molecule has 0 aromatic carbocycles. The summed E-state index contributed by atoms with van der Waals surface area (Å²) in [4.78, 5) is 10.9. The molecule has 0 aliphatic rings. The summed E-state index contributed by atoms with van der Waals surface area (Å²) >= 11 is 1.27. The van der Waals surface area contributed by atoms with Crippen molar-refractivity contribution < 1.29 is 9.90 Å².